The number of anilines is 2. The van der Waals surface area contributed by atoms with Crippen LogP contribution in [0.3, 0.4) is 0 Å². The first-order valence-corrected chi connectivity index (χ1v) is 11.1. The fourth-order valence-corrected chi connectivity index (χ4v) is 3.87. The van der Waals surface area contributed by atoms with Gasteiger partial charge in [-0.25, -0.2) is 4.68 Å². The van der Waals surface area contributed by atoms with Crippen molar-refractivity contribution in [2.45, 2.75) is 13.0 Å². The normalized spacial score (nSPS) is 14.8. The fraction of sp³-hybridized carbons (Fsp3) is 0.0800. The number of amides is 1. The molecule has 2 N–H and O–H groups in total. The van der Waals surface area contributed by atoms with Gasteiger partial charge in [-0.3, -0.25) is 10.1 Å². The minimum atomic E-state index is -0.271. The lowest BCUT2D eigenvalue weighted by atomic mass is 10.0. The van der Waals surface area contributed by atoms with Gasteiger partial charge in [-0.05, 0) is 60.5 Å². The molecule has 1 atom stereocenters. The summed E-state index contributed by atoms with van der Waals surface area (Å²) in [5.41, 5.74) is 4.42. The second-order valence-corrected chi connectivity index (χ2v) is 8.61. The molecule has 0 spiro atoms. The summed E-state index contributed by atoms with van der Waals surface area (Å²) in [4.78, 5) is 17.2. The number of hydrogen-bond acceptors (Lipinski definition) is 4. The third kappa shape index (κ3) is 4.49. The Hall–Kier alpha value is -3.61. The van der Waals surface area contributed by atoms with E-state index in [1.54, 1.807) is 16.8 Å². The molecule has 0 radical (unpaired) electrons. The number of rotatable bonds is 4. The van der Waals surface area contributed by atoms with Crippen molar-refractivity contribution < 1.29 is 4.79 Å². The van der Waals surface area contributed by atoms with Gasteiger partial charge in [-0.15, -0.1) is 5.10 Å². The molecule has 164 valence electrons. The SMILES string of the molecule is Cc1ccc(C(=O)Nc2nc3n(n2)[C@@H](c2ccc(Cl)cc2)C=C(c2ccc(Cl)cc2)N3)cc1. The van der Waals surface area contributed by atoms with Crippen molar-refractivity contribution in [1.29, 1.82) is 0 Å². The maximum atomic E-state index is 12.7. The summed E-state index contributed by atoms with van der Waals surface area (Å²) in [6.45, 7) is 1.97. The Kier molecular flexibility index (Phi) is 5.62. The summed E-state index contributed by atoms with van der Waals surface area (Å²) in [5.74, 6) is 0.460. The van der Waals surface area contributed by atoms with Crippen LogP contribution in [0, 0.1) is 6.92 Å². The van der Waals surface area contributed by atoms with E-state index in [2.05, 4.69) is 26.8 Å². The molecule has 5 rings (SSSR count). The van der Waals surface area contributed by atoms with E-state index in [0.29, 0.717) is 21.6 Å². The van der Waals surface area contributed by atoms with Gasteiger partial charge in [0.1, 0.15) is 6.04 Å². The Morgan fingerprint density at radius 3 is 2.24 bits per heavy atom. The van der Waals surface area contributed by atoms with Crippen LogP contribution in [0.15, 0.2) is 78.9 Å². The van der Waals surface area contributed by atoms with Crippen molar-refractivity contribution >= 4 is 46.7 Å². The third-order valence-corrected chi connectivity index (χ3v) is 5.88. The minimum Gasteiger partial charge on any atom is -0.324 e. The zero-order valence-electron chi connectivity index (χ0n) is 17.6. The number of carbonyl (C=O) groups is 1. The summed E-state index contributed by atoms with van der Waals surface area (Å²) in [6, 6.07) is 22.2. The molecule has 1 amide bonds. The number of fused-ring (bicyclic) bond motifs is 1. The predicted molar refractivity (Wildman–Crippen MR) is 132 cm³/mol. The van der Waals surface area contributed by atoms with Crippen LogP contribution < -0.4 is 10.6 Å². The number of aromatic nitrogens is 3. The Morgan fingerprint density at radius 1 is 0.939 bits per heavy atom. The maximum Gasteiger partial charge on any atom is 0.258 e. The average Bonchev–Trinajstić information content (AvgIpc) is 3.22. The standard InChI is InChI=1S/C25H19Cl2N5O/c1-15-2-4-18(5-3-15)23(33)29-24-30-25-28-21(16-6-10-19(26)11-7-16)14-22(32(25)31-24)17-8-12-20(27)13-9-17/h2-14,22H,1H3,(H2,28,29,30,31,33)/t22-/m1/s1. The first-order valence-electron chi connectivity index (χ1n) is 10.3. The van der Waals surface area contributed by atoms with Crippen LogP contribution in [0.2, 0.25) is 10.0 Å². The van der Waals surface area contributed by atoms with Crippen LogP contribution in [0.5, 0.6) is 0 Å². The molecular weight excluding hydrogens is 457 g/mol. The molecule has 8 heteroatoms. The van der Waals surface area contributed by atoms with Crippen LogP contribution in [0.1, 0.15) is 33.1 Å². The van der Waals surface area contributed by atoms with Crippen LogP contribution in [0.4, 0.5) is 11.9 Å². The molecule has 0 saturated heterocycles. The highest BCUT2D eigenvalue weighted by Gasteiger charge is 2.26. The Morgan fingerprint density at radius 2 is 1.58 bits per heavy atom. The third-order valence-electron chi connectivity index (χ3n) is 5.37. The van der Waals surface area contributed by atoms with Gasteiger partial charge < -0.3 is 5.32 Å². The first-order chi connectivity index (χ1) is 16.0. The molecule has 2 heterocycles. The fourth-order valence-electron chi connectivity index (χ4n) is 3.62. The molecule has 4 aromatic rings. The Balaban J connectivity index is 1.50. The molecule has 0 aliphatic carbocycles. The lowest BCUT2D eigenvalue weighted by molar-refractivity contribution is 0.102. The summed E-state index contributed by atoms with van der Waals surface area (Å²) >= 11 is 12.2. The number of hydrogen-bond donors (Lipinski definition) is 2. The van der Waals surface area contributed by atoms with Crippen molar-refractivity contribution in [2.24, 2.45) is 0 Å². The second-order valence-electron chi connectivity index (χ2n) is 7.73. The predicted octanol–water partition coefficient (Wildman–Crippen LogP) is 6.20. The summed E-state index contributed by atoms with van der Waals surface area (Å²) in [7, 11) is 0. The molecule has 1 aliphatic heterocycles. The van der Waals surface area contributed by atoms with Crippen molar-refractivity contribution in [1.82, 2.24) is 14.8 Å². The molecule has 1 aliphatic rings. The van der Waals surface area contributed by atoms with Gasteiger partial charge in [0.25, 0.3) is 11.9 Å². The number of halogens is 2. The van der Waals surface area contributed by atoms with Crippen LogP contribution in [-0.4, -0.2) is 20.7 Å². The van der Waals surface area contributed by atoms with Crippen molar-refractivity contribution in [2.75, 3.05) is 10.6 Å². The van der Waals surface area contributed by atoms with Gasteiger partial charge in [0.2, 0.25) is 5.95 Å². The Bertz CT molecular complexity index is 1340. The molecule has 3 aromatic carbocycles. The summed E-state index contributed by atoms with van der Waals surface area (Å²) in [6.07, 6.45) is 2.06. The van der Waals surface area contributed by atoms with E-state index in [9.17, 15) is 4.79 Å². The van der Waals surface area contributed by atoms with Crippen LogP contribution in [0.25, 0.3) is 5.70 Å². The largest absolute Gasteiger partial charge is 0.324 e. The minimum absolute atomic E-state index is 0.216. The first kappa shape index (κ1) is 21.2. The quantitative estimate of drug-likeness (QED) is 0.368. The zero-order chi connectivity index (χ0) is 22.9. The van der Waals surface area contributed by atoms with E-state index in [0.717, 1.165) is 22.4 Å². The number of benzene rings is 3. The monoisotopic (exact) mass is 475 g/mol. The Labute approximate surface area is 200 Å². The van der Waals surface area contributed by atoms with Crippen molar-refractivity contribution in [3.05, 3.63) is 111 Å². The van der Waals surface area contributed by atoms with E-state index < -0.39 is 0 Å². The number of allylic oxidation sites excluding steroid dienone is 1. The van der Waals surface area contributed by atoms with Crippen LogP contribution in [-0.2, 0) is 0 Å². The summed E-state index contributed by atoms with van der Waals surface area (Å²) in [5, 5.41) is 12.0. The van der Waals surface area contributed by atoms with Gasteiger partial charge in [-0.1, -0.05) is 65.2 Å². The van der Waals surface area contributed by atoms with E-state index in [1.165, 1.54) is 0 Å². The van der Waals surface area contributed by atoms with Gasteiger partial charge >= 0.3 is 0 Å². The highest BCUT2D eigenvalue weighted by molar-refractivity contribution is 6.30. The second kappa shape index (κ2) is 8.73. The van der Waals surface area contributed by atoms with E-state index in [1.807, 2.05) is 67.6 Å². The van der Waals surface area contributed by atoms with E-state index in [-0.39, 0.29) is 17.9 Å². The van der Waals surface area contributed by atoms with Gasteiger partial charge in [-0.2, -0.15) is 4.98 Å². The molecule has 1 aromatic heterocycles. The average molecular weight is 476 g/mol. The van der Waals surface area contributed by atoms with Crippen LogP contribution >= 0.6 is 23.2 Å². The van der Waals surface area contributed by atoms with Gasteiger partial charge in [0.15, 0.2) is 0 Å². The van der Waals surface area contributed by atoms with Crippen molar-refractivity contribution in [3.63, 3.8) is 0 Å². The number of aryl methyl sites for hydroxylation is 1. The molecule has 0 bridgehead atoms. The van der Waals surface area contributed by atoms with E-state index in [4.69, 9.17) is 23.2 Å². The van der Waals surface area contributed by atoms with Crippen molar-refractivity contribution in [3.8, 4) is 0 Å². The molecule has 33 heavy (non-hydrogen) atoms. The molecule has 6 nitrogen and oxygen atoms in total. The van der Waals surface area contributed by atoms with Gasteiger partial charge in [0.05, 0.1) is 0 Å². The number of nitrogens with zero attached hydrogens (tertiary/aromatic N) is 3. The summed E-state index contributed by atoms with van der Waals surface area (Å²) < 4.78 is 1.74. The molecule has 0 unspecified atom stereocenters. The number of carbonyl (C=O) groups excluding carboxylic acids is 1. The topological polar surface area (TPSA) is 71.8 Å². The maximum absolute atomic E-state index is 12.7. The molecule has 0 saturated carbocycles. The highest BCUT2D eigenvalue weighted by Crippen LogP contribution is 2.34. The number of nitrogens with one attached hydrogen (secondary N) is 2. The smallest absolute Gasteiger partial charge is 0.258 e. The lowest BCUT2D eigenvalue weighted by Gasteiger charge is -2.24. The zero-order valence-corrected chi connectivity index (χ0v) is 19.1. The lowest BCUT2D eigenvalue weighted by Crippen LogP contribution is -2.20. The van der Waals surface area contributed by atoms with E-state index >= 15 is 0 Å². The molecular formula is C25H19Cl2N5O. The molecule has 0 fully saturated rings. The van der Waals surface area contributed by atoms with Gasteiger partial charge in [0, 0.05) is 21.3 Å². The highest BCUT2D eigenvalue weighted by atomic mass is 35.5.